The predicted octanol–water partition coefficient (Wildman–Crippen LogP) is 3.34. The summed E-state index contributed by atoms with van der Waals surface area (Å²) in [5.41, 5.74) is -0.125. The van der Waals surface area contributed by atoms with Crippen LogP contribution in [0.4, 0.5) is 4.39 Å². The lowest BCUT2D eigenvalue weighted by Gasteiger charge is -2.21. The van der Waals surface area contributed by atoms with Gasteiger partial charge in [-0.2, -0.15) is 0 Å². The number of halogens is 1. The lowest BCUT2D eigenvalue weighted by molar-refractivity contribution is 0.0614. The molecular formula is C13H13FOS. The van der Waals surface area contributed by atoms with E-state index in [1.54, 1.807) is 13.0 Å². The molecule has 2 aromatic rings. The third kappa shape index (κ3) is 2.49. The zero-order valence-corrected chi connectivity index (χ0v) is 9.80. The number of thiophene rings is 1. The van der Waals surface area contributed by atoms with Gasteiger partial charge in [-0.25, -0.2) is 4.39 Å². The van der Waals surface area contributed by atoms with Gasteiger partial charge in [-0.05, 0) is 36.1 Å². The minimum absolute atomic E-state index is 0.264. The van der Waals surface area contributed by atoms with Crippen molar-refractivity contribution in [1.29, 1.82) is 0 Å². The van der Waals surface area contributed by atoms with Crippen molar-refractivity contribution in [2.75, 3.05) is 0 Å². The Morgan fingerprint density at radius 2 is 2.12 bits per heavy atom. The molecule has 1 heterocycles. The van der Waals surface area contributed by atoms with Crippen LogP contribution in [-0.2, 0) is 12.0 Å². The number of aliphatic hydroxyl groups is 1. The maximum atomic E-state index is 13.0. The molecule has 1 aromatic carbocycles. The van der Waals surface area contributed by atoms with Crippen LogP contribution in [0, 0.1) is 5.82 Å². The Balaban J connectivity index is 2.21. The summed E-state index contributed by atoms with van der Waals surface area (Å²) in [7, 11) is 0. The van der Waals surface area contributed by atoms with Gasteiger partial charge in [0.05, 0.1) is 5.60 Å². The molecule has 0 saturated carbocycles. The zero-order valence-electron chi connectivity index (χ0n) is 8.98. The van der Waals surface area contributed by atoms with Gasteiger partial charge >= 0.3 is 0 Å². The molecule has 1 unspecified atom stereocenters. The van der Waals surface area contributed by atoms with Crippen LogP contribution in [0.2, 0.25) is 0 Å². The molecule has 0 aliphatic rings. The van der Waals surface area contributed by atoms with Gasteiger partial charge in [-0.15, -0.1) is 11.3 Å². The first-order valence-corrected chi connectivity index (χ1v) is 5.97. The maximum Gasteiger partial charge on any atom is 0.123 e. The van der Waals surface area contributed by atoms with Gasteiger partial charge in [0.1, 0.15) is 5.82 Å². The summed E-state index contributed by atoms with van der Waals surface area (Å²) in [6.45, 7) is 1.75. The van der Waals surface area contributed by atoms with Crippen LogP contribution in [0.3, 0.4) is 0 Å². The summed E-state index contributed by atoms with van der Waals surface area (Å²) < 4.78 is 13.0. The second-order valence-electron chi connectivity index (χ2n) is 4.06. The highest BCUT2D eigenvalue weighted by molar-refractivity contribution is 7.10. The minimum atomic E-state index is -0.929. The minimum Gasteiger partial charge on any atom is -0.384 e. The quantitative estimate of drug-likeness (QED) is 0.866. The third-order valence-corrected chi connectivity index (χ3v) is 3.61. The van der Waals surface area contributed by atoms with Crippen LogP contribution in [0.25, 0.3) is 0 Å². The molecule has 0 spiro atoms. The Hall–Kier alpha value is -1.19. The summed E-state index contributed by atoms with van der Waals surface area (Å²) in [6, 6.07) is 10.1. The molecule has 2 rings (SSSR count). The smallest absolute Gasteiger partial charge is 0.123 e. The standard InChI is InChI=1S/C13H13FOS/c1-13(15,12-6-3-7-16-12)9-10-4-2-5-11(14)8-10/h2-8,15H,9H2,1H3. The molecule has 16 heavy (non-hydrogen) atoms. The van der Waals surface area contributed by atoms with Crippen LogP contribution < -0.4 is 0 Å². The summed E-state index contributed by atoms with van der Waals surface area (Å²) in [5, 5.41) is 12.2. The maximum absolute atomic E-state index is 13.0. The lowest BCUT2D eigenvalue weighted by atomic mass is 9.95. The molecule has 0 amide bonds. The average Bonchev–Trinajstić information content (AvgIpc) is 2.69. The van der Waals surface area contributed by atoms with E-state index in [0.29, 0.717) is 6.42 Å². The van der Waals surface area contributed by atoms with E-state index in [1.165, 1.54) is 23.5 Å². The number of hydrogen-bond donors (Lipinski definition) is 1. The van der Waals surface area contributed by atoms with Crippen LogP contribution in [0.1, 0.15) is 17.4 Å². The first-order chi connectivity index (χ1) is 7.58. The highest BCUT2D eigenvalue weighted by atomic mass is 32.1. The molecule has 0 saturated heterocycles. The van der Waals surface area contributed by atoms with Crippen LogP contribution in [-0.4, -0.2) is 5.11 Å². The van der Waals surface area contributed by atoms with Crippen molar-refractivity contribution in [3.8, 4) is 0 Å². The second kappa shape index (κ2) is 4.36. The molecule has 3 heteroatoms. The van der Waals surface area contributed by atoms with Crippen molar-refractivity contribution in [1.82, 2.24) is 0 Å². The molecule has 1 atom stereocenters. The third-order valence-electron chi connectivity index (χ3n) is 2.49. The van der Waals surface area contributed by atoms with E-state index < -0.39 is 5.60 Å². The van der Waals surface area contributed by atoms with Crippen molar-refractivity contribution in [3.05, 3.63) is 58.0 Å². The molecule has 1 nitrogen and oxygen atoms in total. The van der Waals surface area contributed by atoms with E-state index in [9.17, 15) is 9.50 Å². The SMILES string of the molecule is CC(O)(Cc1cccc(F)c1)c1cccs1. The molecule has 1 aromatic heterocycles. The van der Waals surface area contributed by atoms with Gasteiger partial charge < -0.3 is 5.11 Å². The van der Waals surface area contributed by atoms with Crippen LogP contribution in [0.15, 0.2) is 41.8 Å². The fourth-order valence-corrected chi connectivity index (χ4v) is 2.50. The first kappa shape index (κ1) is 11.3. The van der Waals surface area contributed by atoms with Crippen molar-refractivity contribution >= 4 is 11.3 Å². The van der Waals surface area contributed by atoms with Crippen molar-refractivity contribution < 1.29 is 9.50 Å². The molecule has 0 fully saturated rings. The summed E-state index contributed by atoms with van der Waals surface area (Å²) in [4.78, 5) is 0.900. The summed E-state index contributed by atoms with van der Waals surface area (Å²) in [5.74, 6) is -0.264. The van der Waals surface area contributed by atoms with Gasteiger partial charge in [0, 0.05) is 11.3 Å². The average molecular weight is 236 g/mol. The van der Waals surface area contributed by atoms with E-state index >= 15 is 0 Å². The molecular weight excluding hydrogens is 223 g/mol. The molecule has 0 aliphatic heterocycles. The predicted molar refractivity (Wildman–Crippen MR) is 64.0 cm³/mol. The van der Waals surface area contributed by atoms with E-state index in [0.717, 1.165) is 10.4 Å². The lowest BCUT2D eigenvalue weighted by Crippen LogP contribution is -2.22. The monoisotopic (exact) mass is 236 g/mol. The topological polar surface area (TPSA) is 20.2 Å². The molecule has 0 aliphatic carbocycles. The molecule has 0 bridgehead atoms. The van der Waals surface area contributed by atoms with Crippen LogP contribution in [0.5, 0.6) is 0 Å². The van der Waals surface area contributed by atoms with Gasteiger partial charge in [0.15, 0.2) is 0 Å². The molecule has 0 radical (unpaired) electrons. The fraction of sp³-hybridized carbons (Fsp3) is 0.231. The normalized spacial score (nSPS) is 14.7. The first-order valence-electron chi connectivity index (χ1n) is 5.09. The largest absolute Gasteiger partial charge is 0.384 e. The van der Waals surface area contributed by atoms with Gasteiger partial charge in [0.25, 0.3) is 0 Å². The number of hydrogen-bond acceptors (Lipinski definition) is 2. The Kier molecular flexibility index (Phi) is 3.08. The second-order valence-corrected chi connectivity index (χ2v) is 5.01. The fourth-order valence-electron chi connectivity index (χ4n) is 1.72. The van der Waals surface area contributed by atoms with Crippen LogP contribution >= 0.6 is 11.3 Å². The Labute approximate surface area is 98.2 Å². The number of rotatable bonds is 3. The Morgan fingerprint density at radius 1 is 1.31 bits per heavy atom. The number of benzene rings is 1. The zero-order chi connectivity index (χ0) is 11.6. The van der Waals surface area contributed by atoms with E-state index in [4.69, 9.17) is 0 Å². The molecule has 84 valence electrons. The van der Waals surface area contributed by atoms with E-state index in [-0.39, 0.29) is 5.82 Å². The molecule has 1 N–H and O–H groups in total. The highest BCUT2D eigenvalue weighted by Gasteiger charge is 2.24. The van der Waals surface area contributed by atoms with Gasteiger partial charge in [-0.1, -0.05) is 18.2 Å². The van der Waals surface area contributed by atoms with Crippen molar-refractivity contribution in [2.45, 2.75) is 18.9 Å². The van der Waals surface area contributed by atoms with Gasteiger partial charge in [0.2, 0.25) is 0 Å². The Bertz CT molecular complexity index is 463. The van der Waals surface area contributed by atoms with Crippen molar-refractivity contribution in [2.24, 2.45) is 0 Å². The van der Waals surface area contributed by atoms with Gasteiger partial charge in [-0.3, -0.25) is 0 Å². The highest BCUT2D eigenvalue weighted by Crippen LogP contribution is 2.28. The Morgan fingerprint density at radius 3 is 2.75 bits per heavy atom. The summed E-state index contributed by atoms with van der Waals surface area (Å²) in [6.07, 6.45) is 0.422. The van der Waals surface area contributed by atoms with E-state index in [2.05, 4.69) is 0 Å². The summed E-state index contributed by atoms with van der Waals surface area (Å²) >= 11 is 1.51. The van der Waals surface area contributed by atoms with Crippen molar-refractivity contribution in [3.63, 3.8) is 0 Å². The van der Waals surface area contributed by atoms with E-state index in [1.807, 2.05) is 23.6 Å².